The third kappa shape index (κ3) is 55.4. The zero-order valence-corrected chi connectivity index (χ0v) is 45.3. The van der Waals surface area contributed by atoms with Crippen molar-refractivity contribution in [3.05, 3.63) is 85.1 Å². The molecule has 0 aromatic carbocycles. The fraction of sp³-hybridized carbons (Fsp3) is 0.730. The van der Waals surface area contributed by atoms with Crippen LogP contribution in [0.15, 0.2) is 85.1 Å². The van der Waals surface area contributed by atoms with E-state index in [1.54, 1.807) is 0 Å². The molecule has 6 heteroatoms. The van der Waals surface area contributed by atoms with Gasteiger partial charge in [-0.3, -0.25) is 14.4 Å². The molecule has 0 saturated carbocycles. The van der Waals surface area contributed by atoms with Gasteiger partial charge in [0.2, 0.25) is 0 Å². The average Bonchev–Trinajstić information content (AvgIpc) is 3.35. The summed E-state index contributed by atoms with van der Waals surface area (Å²) < 4.78 is 16.8. The predicted molar refractivity (Wildman–Crippen MR) is 297 cm³/mol. The smallest absolute Gasteiger partial charge is 0.306 e. The van der Waals surface area contributed by atoms with Crippen LogP contribution in [0.4, 0.5) is 0 Å². The summed E-state index contributed by atoms with van der Waals surface area (Å²) in [7, 11) is 0. The van der Waals surface area contributed by atoms with Crippen molar-refractivity contribution in [2.75, 3.05) is 13.2 Å². The van der Waals surface area contributed by atoms with E-state index in [0.29, 0.717) is 19.3 Å². The van der Waals surface area contributed by atoms with E-state index in [-0.39, 0.29) is 37.5 Å². The second-order valence-corrected chi connectivity index (χ2v) is 19.2. The molecule has 396 valence electrons. The van der Waals surface area contributed by atoms with Gasteiger partial charge in [-0.2, -0.15) is 0 Å². The highest BCUT2D eigenvalue weighted by Crippen LogP contribution is 2.14. The van der Waals surface area contributed by atoms with E-state index in [1.807, 2.05) is 0 Å². The van der Waals surface area contributed by atoms with Gasteiger partial charge < -0.3 is 14.2 Å². The maximum Gasteiger partial charge on any atom is 0.306 e. The highest BCUT2D eigenvalue weighted by atomic mass is 16.6. The van der Waals surface area contributed by atoms with Crippen LogP contribution in [0.25, 0.3) is 0 Å². The average molecular weight is 962 g/mol. The van der Waals surface area contributed by atoms with Crippen LogP contribution in [-0.2, 0) is 28.6 Å². The fourth-order valence-electron chi connectivity index (χ4n) is 7.93. The number of carbonyl (C=O) groups is 3. The first-order chi connectivity index (χ1) is 34.0. The van der Waals surface area contributed by atoms with Gasteiger partial charge in [0, 0.05) is 19.3 Å². The Kier molecular flexibility index (Phi) is 54.3. The molecule has 0 aromatic rings. The molecule has 0 N–H and O–H groups in total. The third-order valence-corrected chi connectivity index (χ3v) is 12.3. The lowest BCUT2D eigenvalue weighted by Gasteiger charge is -2.18. The molecule has 0 rings (SSSR count). The Morgan fingerprint density at radius 3 is 0.899 bits per heavy atom. The monoisotopic (exact) mass is 961 g/mol. The molecule has 0 saturated heterocycles. The molecule has 0 unspecified atom stereocenters. The van der Waals surface area contributed by atoms with Crippen molar-refractivity contribution in [3.63, 3.8) is 0 Å². The van der Waals surface area contributed by atoms with Crippen molar-refractivity contribution >= 4 is 17.9 Å². The molecule has 6 nitrogen and oxygen atoms in total. The van der Waals surface area contributed by atoms with Crippen molar-refractivity contribution in [2.45, 2.75) is 284 Å². The van der Waals surface area contributed by atoms with Gasteiger partial charge in [0.1, 0.15) is 13.2 Å². The molecular formula is C63H108O6. The number of ether oxygens (including phenoxy) is 3. The standard InChI is InChI=1S/C63H108O6/c1-4-7-10-13-16-19-22-25-28-30-31-33-35-38-41-44-47-50-53-56-62(65)68-59-60(58-67-61(64)55-52-49-46-43-40-37-34-27-24-21-18-15-12-9-6-3)69-63(66)57-54-51-48-45-42-39-36-32-29-26-23-20-17-14-11-8-5-2/h17-18,20-21,25-29,34,36,39,45,48,60H,4-16,19,22-24,30-33,35,37-38,40-44,46-47,49-59H2,1-3H3/b20-17+,21-18+,28-25+,29-26+,34-27+,39-36+,48-45+/t60-/m1/s1. The van der Waals surface area contributed by atoms with Gasteiger partial charge in [-0.05, 0) is 116 Å². The van der Waals surface area contributed by atoms with E-state index in [0.717, 1.165) is 89.9 Å². The van der Waals surface area contributed by atoms with E-state index in [4.69, 9.17) is 14.2 Å². The zero-order valence-electron chi connectivity index (χ0n) is 45.3. The minimum Gasteiger partial charge on any atom is -0.462 e. The molecule has 0 bridgehead atoms. The van der Waals surface area contributed by atoms with Gasteiger partial charge in [0.05, 0.1) is 0 Å². The van der Waals surface area contributed by atoms with Crippen LogP contribution in [0, 0.1) is 0 Å². The first-order valence-electron chi connectivity index (χ1n) is 29.1. The second-order valence-electron chi connectivity index (χ2n) is 19.2. The van der Waals surface area contributed by atoms with Crippen LogP contribution in [0.5, 0.6) is 0 Å². The summed E-state index contributed by atoms with van der Waals surface area (Å²) in [6, 6.07) is 0. The molecule has 69 heavy (non-hydrogen) atoms. The molecule has 0 amide bonds. The Hall–Kier alpha value is -3.41. The Morgan fingerprint density at radius 2 is 0.536 bits per heavy atom. The van der Waals surface area contributed by atoms with Crippen LogP contribution < -0.4 is 0 Å². The summed E-state index contributed by atoms with van der Waals surface area (Å²) in [6.07, 6.45) is 74.3. The van der Waals surface area contributed by atoms with Crippen molar-refractivity contribution < 1.29 is 28.6 Å². The van der Waals surface area contributed by atoms with Crippen LogP contribution in [0.1, 0.15) is 278 Å². The molecule has 0 aliphatic carbocycles. The van der Waals surface area contributed by atoms with Crippen molar-refractivity contribution in [1.82, 2.24) is 0 Å². The lowest BCUT2D eigenvalue weighted by atomic mass is 10.1. The Labute approximate surface area is 426 Å². The maximum atomic E-state index is 12.8. The molecule has 0 aliphatic rings. The maximum absolute atomic E-state index is 12.8. The minimum absolute atomic E-state index is 0.104. The minimum atomic E-state index is -0.812. The van der Waals surface area contributed by atoms with E-state index in [9.17, 15) is 14.4 Å². The number of rotatable bonds is 52. The summed E-state index contributed by atoms with van der Waals surface area (Å²) in [4.78, 5) is 38.1. The van der Waals surface area contributed by atoms with E-state index in [2.05, 4.69) is 106 Å². The lowest BCUT2D eigenvalue weighted by molar-refractivity contribution is -0.167. The molecule has 1 atom stereocenters. The Bertz CT molecular complexity index is 1330. The van der Waals surface area contributed by atoms with Gasteiger partial charge in [0.25, 0.3) is 0 Å². The third-order valence-electron chi connectivity index (χ3n) is 12.3. The van der Waals surface area contributed by atoms with Crippen LogP contribution in [0.3, 0.4) is 0 Å². The molecule has 0 spiro atoms. The second kappa shape index (κ2) is 57.2. The van der Waals surface area contributed by atoms with Crippen LogP contribution >= 0.6 is 0 Å². The van der Waals surface area contributed by atoms with E-state index >= 15 is 0 Å². The first kappa shape index (κ1) is 65.6. The molecule has 0 radical (unpaired) electrons. The Balaban J connectivity index is 4.47. The molecule has 0 fully saturated rings. The van der Waals surface area contributed by atoms with Crippen molar-refractivity contribution in [2.24, 2.45) is 0 Å². The summed E-state index contributed by atoms with van der Waals surface area (Å²) in [5.41, 5.74) is 0. The quantitative estimate of drug-likeness (QED) is 0.0262. The number of carbonyl (C=O) groups excluding carboxylic acids is 3. The first-order valence-corrected chi connectivity index (χ1v) is 29.1. The largest absolute Gasteiger partial charge is 0.462 e. The summed E-state index contributed by atoms with van der Waals surface area (Å²) in [5, 5.41) is 0. The van der Waals surface area contributed by atoms with Crippen LogP contribution in [0.2, 0.25) is 0 Å². The molecular weight excluding hydrogens is 853 g/mol. The van der Waals surface area contributed by atoms with Gasteiger partial charge in [-0.1, -0.05) is 228 Å². The van der Waals surface area contributed by atoms with Crippen LogP contribution in [-0.4, -0.2) is 37.2 Å². The lowest BCUT2D eigenvalue weighted by Crippen LogP contribution is -2.30. The highest BCUT2D eigenvalue weighted by Gasteiger charge is 2.19. The fourth-order valence-corrected chi connectivity index (χ4v) is 7.93. The van der Waals surface area contributed by atoms with Crippen molar-refractivity contribution in [3.8, 4) is 0 Å². The Morgan fingerprint density at radius 1 is 0.290 bits per heavy atom. The number of allylic oxidation sites excluding steroid dienone is 14. The normalized spacial score (nSPS) is 12.7. The summed E-state index contributed by atoms with van der Waals surface area (Å²) in [5.74, 6) is -0.971. The molecule has 0 heterocycles. The number of esters is 3. The summed E-state index contributed by atoms with van der Waals surface area (Å²) >= 11 is 0. The number of unbranched alkanes of at least 4 members (excludes halogenated alkanes) is 27. The summed E-state index contributed by atoms with van der Waals surface area (Å²) in [6.45, 7) is 6.54. The topological polar surface area (TPSA) is 78.9 Å². The highest BCUT2D eigenvalue weighted by molar-refractivity contribution is 5.71. The van der Waals surface area contributed by atoms with E-state index in [1.165, 1.54) is 141 Å². The molecule has 0 aliphatic heterocycles. The van der Waals surface area contributed by atoms with E-state index < -0.39 is 6.10 Å². The number of hydrogen-bond donors (Lipinski definition) is 0. The zero-order chi connectivity index (χ0) is 50.0. The van der Waals surface area contributed by atoms with Gasteiger partial charge in [0.15, 0.2) is 6.10 Å². The SMILES string of the molecule is CCCCC/C=C/C/C=C/C/C=C/C/C=C/CCCC(=O)O[C@H](COC(=O)CCCCCCC/C=C/C/C=C/CCCCC)COC(=O)CCCCCCCCCCC/C=C/CCCCCCCC. The predicted octanol–water partition coefficient (Wildman–Crippen LogP) is 19.5. The van der Waals surface area contributed by atoms with Gasteiger partial charge in [-0.15, -0.1) is 0 Å². The van der Waals surface area contributed by atoms with Gasteiger partial charge >= 0.3 is 17.9 Å². The van der Waals surface area contributed by atoms with Gasteiger partial charge in [-0.25, -0.2) is 0 Å². The van der Waals surface area contributed by atoms with Crippen molar-refractivity contribution in [1.29, 1.82) is 0 Å². The number of hydrogen-bond acceptors (Lipinski definition) is 6. The molecule has 0 aromatic heterocycles.